The van der Waals surface area contributed by atoms with Crippen LogP contribution in [0.5, 0.6) is 0 Å². The monoisotopic (exact) mass is 144 g/mol. The van der Waals surface area contributed by atoms with Crippen LogP contribution in [0.1, 0.15) is 6.92 Å². The third kappa shape index (κ3) is 5.10. The first kappa shape index (κ1) is 8.23. The first-order valence-electron chi connectivity index (χ1n) is 2.32. The molecule has 0 aromatic heterocycles. The number of rotatable bonds is 3. The van der Waals surface area contributed by atoms with Crippen LogP contribution in [0.4, 0.5) is 0 Å². The van der Waals surface area contributed by atoms with Gasteiger partial charge in [0.05, 0.1) is 6.54 Å². The summed E-state index contributed by atoms with van der Waals surface area (Å²) >= 11 is 4.18. The summed E-state index contributed by atoms with van der Waals surface area (Å²) in [5.41, 5.74) is 0. The van der Waals surface area contributed by atoms with Crippen LogP contribution in [0.2, 0.25) is 0 Å². The van der Waals surface area contributed by atoms with Crippen LogP contribution >= 0.6 is 12.2 Å². The largest absolute Gasteiger partial charge is 0.349 e. The molecule has 1 amide bonds. The molecular formula is C5H6NO2S. The predicted molar refractivity (Wildman–Crippen MR) is 36.3 cm³/mol. The average molecular weight is 144 g/mol. The number of ketones is 1. The van der Waals surface area contributed by atoms with Crippen molar-refractivity contribution in [2.75, 3.05) is 6.54 Å². The second kappa shape index (κ2) is 4.14. The molecule has 1 N–H and O–H groups in total. The molecule has 4 heteroatoms. The van der Waals surface area contributed by atoms with Gasteiger partial charge in [-0.3, -0.25) is 9.59 Å². The molecule has 1 radical (unpaired) electrons. The zero-order valence-electron chi connectivity index (χ0n) is 4.93. The van der Waals surface area contributed by atoms with Crippen molar-refractivity contribution >= 4 is 29.3 Å². The van der Waals surface area contributed by atoms with E-state index in [9.17, 15) is 9.59 Å². The Bertz CT molecular complexity index is 144. The summed E-state index contributed by atoms with van der Waals surface area (Å²) in [7, 11) is 0. The van der Waals surface area contributed by atoms with Gasteiger partial charge in [-0.15, -0.1) is 0 Å². The van der Waals surface area contributed by atoms with E-state index in [0.717, 1.165) is 0 Å². The Kier molecular flexibility index (Phi) is 3.79. The Morgan fingerprint density at radius 1 is 1.67 bits per heavy atom. The molecule has 0 rings (SSSR count). The van der Waals surface area contributed by atoms with Gasteiger partial charge in [0, 0.05) is 6.92 Å². The lowest BCUT2D eigenvalue weighted by atomic mass is 10.4. The van der Waals surface area contributed by atoms with Crippen molar-refractivity contribution in [3.05, 3.63) is 0 Å². The van der Waals surface area contributed by atoms with Gasteiger partial charge in [0.1, 0.15) is 5.37 Å². The molecule has 9 heavy (non-hydrogen) atoms. The van der Waals surface area contributed by atoms with E-state index in [2.05, 4.69) is 17.5 Å². The predicted octanol–water partition coefficient (Wildman–Crippen LogP) is -0.432. The highest BCUT2D eigenvalue weighted by Gasteiger charge is 1.96. The van der Waals surface area contributed by atoms with Crippen molar-refractivity contribution in [1.82, 2.24) is 5.32 Å². The molecule has 0 unspecified atom stereocenters. The number of nitrogens with one attached hydrogen (secondary N) is 1. The fraction of sp³-hybridized carbons (Fsp3) is 0.400. The number of carbonyl (C=O) groups excluding carboxylic acids is 2. The van der Waals surface area contributed by atoms with Gasteiger partial charge in [0.15, 0.2) is 5.78 Å². The summed E-state index contributed by atoms with van der Waals surface area (Å²) in [4.78, 5) is 20.4. The molecule has 0 spiro atoms. The van der Waals surface area contributed by atoms with Gasteiger partial charge in [-0.05, 0) is 0 Å². The summed E-state index contributed by atoms with van der Waals surface area (Å²) in [5, 5.41) is 4.23. The molecular weight excluding hydrogens is 138 g/mol. The fourth-order valence-electron chi connectivity index (χ4n) is 0.241. The smallest absolute Gasteiger partial charge is 0.217 e. The quantitative estimate of drug-likeness (QED) is 0.547. The number of hydrogen-bond donors (Lipinski definition) is 1. The van der Waals surface area contributed by atoms with Gasteiger partial charge in [-0.1, -0.05) is 12.2 Å². The van der Waals surface area contributed by atoms with Crippen molar-refractivity contribution < 1.29 is 9.59 Å². The van der Waals surface area contributed by atoms with Crippen LogP contribution in [0.3, 0.4) is 0 Å². The minimum absolute atomic E-state index is 0.0428. The Hall–Kier alpha value is -0.770. The lowest BCUT2D eigenvalue weighted by molar-refractivity contribution is -0.121. The number of amides is 1. The fourth-order valence-corrected chi connectivity index (χ4v) is 0.313. The van der Waals surface area contributed by atoms with Crippen molar-refractivity contribution in [2.45, 2.75) is 6.92 Å². The molecule has 0 aromatic rings. The molecule has 0 aliphatic carbocycles. The van der Waals surface area contributed by atoms with Gasteiger partial charge >= 0.3 is 0 Å². The summed E-state index contributed by atoms with van der Waals surface area (Å²) in [6.07, 6.45) is 0. The van der Waals surface area contributed by atoms with Crippen LogP contribution < -0.4 is 5.32 Å². The van der Waals surface area contributed by atoms with Crippen molar-refractivity contribution in [1.29, 1.82) is 0 Å². The van der Waals surface area contributed by atoms with Crippen molar-refractivity contribution in [2.24, 2.45) is 0 Å². The van der Waals surface area contributed by atoms with Crippen LogP contribution in [-0.4, -0.2) is 23.6 Å². The van der Waals surface area contributed by atoms with Gasteiger partial charge in [0.25, 0.3) is 0 Å². The van der Waals surface area contributed by atoms with Crippen molar-refractivity contribution in [3.8, 4) is 0 Å². The normalized spacial score (nSPS) is 8.11. The van der Waals surface area contributed by atoms with Crippen LogP contribution in [-0.2, 0) is 9.59 Å². The van der Waals surface area contributed by atoms with Crippen LogP contribution in [0.25, 0.3) is 0 Å². The molecule has 0 aromatic carbocycles. The average Bonchev–Trinajstić information content (AvgIpc) is 1.83. The minimum Gasteiger partial charge on any atom is -0.349 e. The van der Waals surface area contributed by atoms with E-state index in [0.29, 0.717) is 0 Å². The molecule has 0 aliphatic rings. The van der Waals surface area contributed by atoms with Gasteiger partial charge in [-0.2, -0.15) is 0 Å². The lowest BCUT2D eigenvalue weighted by Crippen LogP contribution is -2.27. The van der Waals surface area contributed by atoms with Gasteiger partial charge < -0.3 is 5.32 Å². The van der Waals surface area contributed by atoms with E-state index in [1.165, 1.54) is 6.92 Å². The molecule has 0 saturated heterocycles. The molecule has 0 heterocycles. The zero-order valence-corrected chi connectivity index (χ0v) is 5.75. The maximum atomic E-state index is 10.3. The highest BCUT2D eigenvalue weighted by molar-refractivity contribution is 7.80. The number of hydrogen-bond acceptors (Lipinski definition) is 3. The zero-order chi connectivity index (χ0) is 7.28. The highest BCUT2D eigenvalue weighted by atomic mass is 32.1. The van der Waals surface area contributed by atoms with E-state index in [4.69, 9.17) is 0 Å². The summed E-state index contributed by atoms with van der Waals surface area (Å²) in [6.45, 7) is 1.29. The molecule has 0 aliphatic heterocycles. The highest BCUT2D eigenvalue weighted by Crippen LogP contribution is 1.64. The summed E-state index contributed by atoms with van der Waals surface area (Å²) in [6, 6.07) is 0. The molecule has 0 saturated carbocycles. The maximum absolute atomic E-state index is 10.3. The second-order valence-electron chi connectivity index (χ2n) is 1.43. The topological polar surface area (TPSA) is 46.2 Å². The van der Waals surface area contributed by atoms with E-state index in [-0.39, 0.29) is 18.2 Å². The lowest BCUT2D eigenvalue weighted by Gasteiger charge is -1.93. The van der Waals surface area contributed by atoms with Crippen molar-refractivity contribution in [3.63, 3.8) is 0 Å². The Morgan fingerprint density at radius 2 is 2.22 bits per heavy atom. The SMILES string of the molecule is CC(=O)NCC(=O)[C]=S. The number of carbonyl (C=O) groups is 2. The standard InChI is InChI=1S/C5H6NO2S/c1-4(7)6-2-5(8)3-9/h2H2,1H3,(H,6,7). The third-order valence-electron chi connectivity index (χ3n) is 0.612. The van der Waals surface area contributed by atoms with Crippen LogP contribution in [0.15, 0.2) is 0 Å². The molecule has 0 fully saturated rings. The third-order valence-corrected chi connectivity index (χ3v) is 0.839. The number of Topliss-reactive ketones (excluding diaryl/α,β-unsaturated/α-hetero) is 1. The van der Waals surface area contributed by atoms with Gasteiger partial charge in [0.2, 0.25) is 5.91 Å². The number of thiocarbonyl (C=S) groups is 1. The summed E-state index contributed by atoms with van der Waals surface area (Å²) < 4.78 is 0. The Morgan fingerprint density at radius 3 is 2.56 bits per heavy atom. The van der Waals surface area contributed by atoms with Crippen LogP contribution in [0, 0.1) is 0 Å². The maximum Gasteiger partial charge on any atom is 0.217 e. The molecule has 0 atom stereocenters. The van der Waals surface area contributed by atoms with E-state index in [1.807, 2.05) is 5.37 Å². The van der Waals surface area contributed by atoms with E-state index >= 15 is 0 Å². The van der Waals surface area contributed by atoms with E-state index < -0.39 is 0 Å². The minimum atomic E-state index is -0.375. The molecule has 0 bridgehead atoms. The van der Waals surface area contributed by atoms with E-state index in [1.54, 1.807) is 0 Å². The second-order valence-corrected chi connectivity index (χ2v) is 1.64. The Labute approximate surface area is 58.4 Å². The molecule has 3 nitrogen and oxygen atoms in total. The first-order chi connectivity index (χ1) is 4.16. The first-order valence-corrected chi connectivity index (χ1v) is 2.73. The Balaban J connectivity index is 3.39. The molecule has 49 valence electrons. The summed E-state index contributed by atoms with van der Waals surface area (Å²) in [5.74, 6) is -0.617. The van der Waals surface area contributed by atoms with Gasteiger partial charge in [-0.25, -0.2) is 0 Å².